The maximum Gasteiger partial charge on any atom is 0.123 e. The lowest BCUT2D eigenvalue weighted by Crippen LogP contribution is -2.43. The van der Waals surface area contributed by atoms with Gasteiger partial charge in [-0.2, -0.15) is 0 Å². The van der Waals surface area contributed by atoms with Gasteiger partial charge in [-0.15, -0.1) is 0 Å². The average Bonchev–Trinajstić information content (AvgIpc) is 2.39. The minimum absolute atomic E-state index is 0.622. The van der Waals surface area contributed by atoms with E-state index in [2.05, 4.69) is 32.2 Å². The molecule has 0 aliphatic carbocycles. The number of nitrogens with zero attached hydrogens (tertiary/aromatic N) is 1. The van der Waals surface area contributed by atoms with Crippen molar-refractivity contribution in [1.29, 1.82) is 0 Å². The van der Waals surface area contributed by atoms with E-state index in [-0.39, 0.29) is 0 Å². The molecule has 1 aromatic carbocycles. The minimum atomic E-state index is 0.622. The van der Waals surface area contributed by atoms with Crippen molar-refractivity contribution in [2.75, 3.05) is 27.2 Å². The number of piperidine rings is 1. The largest absolute Gasteiger partial charge is 0.496 e. The van der Waals surface area contributed by atoms with Crippen LogP contribution in [0.25, 0.3) is 0 Å². The molecule has 2 rings (SSSR count). The number of nitrogens with one attached hydrogen (secondary N) is 1. The molecule has 1 aromatic rings. The lowest BCUT2D eigenvalue weighted by atomic mass is 10.0. The molecule has 0 bridgehead atoms. The smallest absolute Gasteiger partial charge is 0.123 e. The molecular weight excluding hydrogens is 292 g/mol. The molecule has 1 aliphatic heterocycles. The van der Waals surface area contributed by atoms with Crippen LogP contribution in [0.15, 0.2) is 22.7 Å². The maximum absolute atomic E-state index is 5.43. The van der Waals surface area contributed by atoms with E-state index in [1.165, 1.54) is 24.9 Å². The van der Waals surface area contributed by atoms with E-state index in [0.717, 1.165) is 23.3 Å². The summed E-state index contributed by atoms with van der Waals surface area (Å²) in [7, 11) is 3.78. The Morgan fingerprint density at radius 1 is 1.50 bits per heavy atom. The number of halogens is 1. The predicted octanol–water partition coefficient (Wildman–Crippen LogP) is 2.64. The van der Waals surface area contributed by atoms with Gasteiger partial charge < -0.3 is 10.1 Å². The maximum atomic E-state index is 5.43. The second-order valence-electron chi connectivity index (χ2n) is 4.82. The normalized spacial score (nSPS) is 20.9. The van der Waals surface area contributed by atoms with Gasteiger partial charge in [-0.25, -0.2) is 0 Å². The highest BCUT2D eigenvalue weighted by molar-refractivity contribution is 9.10. The number of hydrogen-bond acceptors (Lipinski definition) is 3. The third-order valence-electron chi connectivity index (χ3n) is 3.55. The summed E-state index contributed by atoms with van der Waals surface area (Å²) < 4.78 is 6.54. The zero-order valence-corrected chi connectivity index (χ0v) is 12.7. The summed E-state index contributed by atoms with van der Waals surface area (Å²) in [5.41, 5.74) is 1.25. The van der Waals surface area contributed by atoms with Crippen LogP contribution in [0.2, 0.25) is 0 Å². The van der Waals surface area contributed by atoms with Gasteiger partial charge in [0.15, 0.2) is 0 Å². The molecule has 1 aliphatic rings. The van der Waals surface area contributed by atoms with Crippen molar-refractivity contribution in [3.63, 3.8) is 0 Å². The molecule has 0 radical (unpaired) electrons. The number of likely N-dealkylation sites (tertiary alicyclic amines) is 1. The van der Waals surface area contributed by atoms with Gasteiger partial charge in [-0.3, -0.25) is 4.90 Å². The number of ether oxygens (including phenoxy) is 1. The van der Waals surface area contributed by atoms with Crippen molar-refractivity contribution in [2.45, 2.75) is 25.4 Å². The van der Waals surface area contributed by atoms with E-state index in [9.17, 15) is 0 Å². The van der Waals surface area contributed by atoms with Crippen LogP contribution in [0, 0.1) is 0 Å². The van der Waals surface area contributed by atoms with E-state index in [4.69, 9.17) is 4.74 Å². The second-order valence-corrected chi connectivity index (χ2v) is 5.73. The first-order chi connectivity index (χ1) is 8.72. The van der Waals surface area contributed by atoms with Gasteiger partial charge in [0.25, 0.3) is 0 Å². The van der Waals surface area contributed by atoms with Gasteiger partial charge in [-0.05, 0) is 44.6 Å². The molecule has 1 N–H and O–H groups in total. The van der Waals surface area contributed by atoms with Crippen molar-refractivity contribution >= 4 is 15.9 Å². The van der Waals surface area contributed by atoms with Gasteiger partial charge in [0.2, 0.25) is 0 Å². The summed E-state index contributed by atoms with van der Waals surface area (Å²) in [4.78, 5) is 2.50. The number of methoxy groups -OCH3 is 1. The Kier molecular flexibility index (Phi) is 5.03. The molecule has 0 aromatic heterocycles. The highest BCUT2D eigenvalue weighted by Gasteiger charge is 2.19. The first-order valence-electron chi connectivity index (χ1n) is 6.45. The Bertz CT molecular complexity index is 397. The topological polar surface area (TPSA) is 24.5 Å². The standard InChI is InChI=1S/C14H21BrN2O/c1-16-13-4-3-7-17(10-13)9-11-8-12(15)5-6-14(11)18-2/h5-6,8,13,16H,3-4,7,9-10H2,1-2H3. The summed E-state index contributed by atoms with van der Waals surface area (Å²) in [6.07, 6.45) is 2.55. The molecule has 1 heterocycles. The van der Waals surface area contributed by atoms with Crippen LogP contribution in [0.5, 0.6) is 5.75 Å². The van der Waals surface area contributed by atoms with Crippen LogP contribution < -0.4 is 10.1 Å². The van der Waals surface area contributed by atoms with Gasteiger partial charge in [-0.1, -0.05) is 15.9 Å². The fourth-order valence-corrected chi connectivity index (χ4v) is 2.95. The molecule has 1 saturated heterocycles. The Labute approximate surface area is 118 Å². The fraction of sp³-hybridized carbons (Fsp3) is 0.571. The number of likely N-dealkylation sites (N-methyl/N-ethyl adjacent to an activating group) is 1. The molecule has 100 valence electrons. The molecule has 4 heteroatoms. The Morgan fingerprint density at radius 3 is 3.06 bits per heavy atom. The monoisotopic (exact) mass is 312 g/mol. The van der Waals surface area contributed by atoms with Crippen molar-refractivity contribution < 1.29 is 4.74 Å². The number of benzene rings is 1. The SMILES string of the molecule is CNC1CCCN(Cc2cc(Br)ccc2OC)C1. The third-order valence-corrected chi connectivity index (χ3v) is 4.04. The first-order valence-corrected chi connectivity index (χ1v) is 7.24. The Morgan fingerprint density at radius 2 is 2.33 bits per heavy atom. The van der Waals surface area contributed by atoms with Gasteiger partial charge >= 0.3 is 0 Å². The predicted molar refractivity (Wildman–Crippen MR) is 78.1 cm³/mol. The molecular formula is C14H21BrN2O. The van der Waals surface area contributed by atoms with Crippen LogP contribution in [0.4, 0.5) is 0 Å². The quantitative estimate of drug-likeness (QED) is 0.925. The van der Waals surface area contributed by atoms with Crippen molar-refractivity contribution in [1.82, 2.24) is 10.2 Å². The lowest BCUT2D eigenvalue weighted by Gasteiger charge is -2.32. The molecule has 1 atom stereocenters. The summed E-state index contributed by atoms with van der Waals surface area (Å²) in [6, 6.07) is 6.83. The van der Waals surface area contributed by atoms with Crippen molar-refractivity contribution in [3.8, 4) is 5.75 Å². The highest BCUT2D eigenvalue weighted by Crippen LogP contribution is 2.25. The zero-order chi connectivity index (χ0) is 13.0. The van der Waals surface area contributed by atoms with E-state index in [0.29, 0.717) is 6.04 Å². The van der Waals surface area contributed by atoms with E-state index < -0.39 is 0 Å². The number of hydrogen-bond donors (Lipinski definition) is 1. The van der Waals surface area contributed by atoms with Crippen LogP contribution in [0.3, 0.4) is 0 Å². The zero-order valence-electron chi connectivity index (χ0n) is 11.1. The molecule has 0 amide bonds. The Balaban J connectivity index is 2.06. The second kappa shape index (κ2) is 6.55. The van der Waals surface area contributed by atoms with E-state index in [1.54, 1.807) is 7.11 Å². The summed E-state index contributed by atoms with van der Waals surface area (Å²) in [5.74, 6) is 0.977. The van der Waals surface area contributed by atoms with E-state index >= 15 is 0 Å². The van der Waals surface area contributed by atoms with Crippen LogP contribution in [-0.4, -0.2) is 38.2 Å². The van der Waals surface area contributed by atoms with Gasteiger partial charge in [0.05, 0.1) is 7.11 Å². The minimum Gasteiger partial charge on any atom is -0.496 e. The summed E-state index contributed by atoms with van der Waals surface area (Å²) in [6.45, 7) is 3.25. The Hall–Kier alpha value is -0.580. The van der Waals surface area contributed by atoms with Gasteiger partial charge in [0, 0.05) is 29.2 Å². The highest BCUT2D eigenvalue weighted by atomic mass is 79.9. The molecule has 3 nitrogen and oxygen atoms in total. The molecule has 1 unspecified atom stereocenters. The van der Waals surface area contributed by atoms with E-state index in [1.807, 2.05) is 19.2 Å². The average molecular weight is 313 g/mol. The molecule has 0 saturated carbocycles. The summed E-state index contributed by atoms with van der Waals surface area (Å²) in [5, 5.41) is 3.38. The van der Waals surface area contributed by atoms with Gasteiger partial charge in [0.1, 0.15) is 5.75 Å². The molecule has 0 spiro atoms. The number of rotatable bonds is 4. The van der Waals surface area contributed by atoms with Crippen LogP contribution >= 0.6 is 15.9 Å². The molecule has 18 heavy (non-hydrogen) atoms. The summed E-state index contributed by atoms with van der Waals surface area (Å²) >= 11 is 3.53. The van der Waals surface area contributed by atoms with Crippen molar-refractivity contribution in [2.24, 2.45) is 0 Å². The third kappa shape index (κ3) is 3.46. The fourth-order valence-electron chi connectivity index (χ4n) is 2.55. The van der Waals surface area contributed by atoms with Crippen molar-refractivity contribution in [3.05, 3.63) is 28.2 Å². The van der Waals surface area contributed by atoms with Crippen LogP contribution in [0.1, 0.15) is 18.4 Å². The first kappa shape index (κ1) is 13.8. The lowest BCUT2D eigenvalue weighted by molar-refractivity contribution is 0.186. The molecule has 1 fully saturated rings. The van der Waals surface area contributed by atoms with Crippen LogP contribution in [-0.2, 0) is 6.54 Å².